The Labute approximate surface area is 333 Å². The van der Waals surface area contributed by atoms with E-state index in [1.807, 2.05) is 24.3 Å². The Morgan fingerprint density at radius 2 is 1.75 bits per heavy atom. The number of epoxide rings is 1. The number of benzene rings is 2. The number of aliphatic hydroxyl groups is 1. The first kappa shape index (κ1) is 39.5. The monoisotopic (exact) mass is 782 g/mol. The molecular weight excluding hydrogens is 728 g/mol. The van der Waals surface area contributed by atoms with Gasteiger partial charge in [-0.2, -0.15) is 0 Å². The number of nitrogens with one attached hydrogen (secondary N) is 1. The van der Waals surface area contributed by atoms with Crippen LogP contribution in [0.25, 0.3) is 6.08 Å². The Hall–Kier alpha value is -4.36. The van der Waals surface area contributed by atoms with Gasteiger partial charge in [-0.25, -0.2) is 4.79 Å². The predicted molar refractivity (Wildman–Crippen MR) is 209 cm³/mol. The number of carbonyl (C=O) groups excluding carboxylic acids is 4. The molecule has 12 nitrogen and oxygen atoms in total. The molecule has 1 saturated carbocycles. The van der Waals surface area contributed by atoms with Crippen molar-refractivity contribution in [1.29, 1.82) is 0 Å². The van der Waals surface area contributed by atoms with Crippen LogP contribution in [0.5, 0.6) is 0 Å². The summed E-state index contributed by atoms with van der Waals surface area (Å²) in [6, 6.07) is 14.0. The van der Waals surface area contributed by atoms with E-state index in [1.165, 1.54) is 0 Å². The van der Waals surface area contributed by atoms with Crippen LogP contribution in [-0.4, -0.2) is 101 Å². The Kier molecular flexibility index (Phi) is 11.2. The van der Waals surface area contributed by atoms with Crippen LogP contribution in [0, 0.1) is 5.92 Å². The molecule has 2 aromatic carbocycles. The van der Waals surface area contributed by atoms with E-state index in [0.29, 0.717) is 61.5 Å². The highest BCUT2D eigenvalue weighted by Crippen LogP contribution is 2.45. The Bertz CT molecular complexity index is 1890. The van der Waals surface area contributed by atoms with E-state index in [2.05, 4.69) is 29.6 Å². The van der Waals surface area contributed by atoms with Crippen molar-refractivity contribution in [2.24, 2.45) is 5.92 Å². The summed E-state index contributed by atoms with van der Waals surface area (Å²) in [5, 5.41) is 12.9. The van der Waals surface area contributed by atoms with Crippen molar-refractivity contribution < 1.29 is 48.0 Å². The second-order valence-electron chi connectivity index (χ2n) is 17.5. The Balaban J connectivity index is 0.954. The van der Waals surface area contributed by atoms with Gasteiger partial charge in [-0.05, 0) is 100 Å². The molecule has 3 aliphatic carbocycles. The minimum Gasteiger partial charge on any atom is -0.460 e. The number of esters is 2. The third-order valence-corrected chi connectivity index (χ3v) is 12.0. The molecule has 304 valence electrons. The van der Waals surface area contributed by atoms with Crippen molar-refractivity contribution in [3.63, 3.8) is 0 Å². The Morgan fingerprint density at radius 3 is 2.46 bits per heavy atom. The van der Waals surface area contributed by atoms with Crippen molar-refractivity contribution in [1.82, 2.24) is 10.2 Å². The maximum atomic E-state index is 14.4. The minimum atomic E-state index is -0.952. The zero-order valence-corrected chi connectivity index (χ0v) is 33.0. The van der Waals surface area contributed by atoms with E-state index in [0.717, 1.165) is 36.0 Å². The van der Waals surface area contributed by atoms with Gasteiger partial charge in [0.05, 0.1) is 30.4 Å². The summed E-state index contributed by atoms with van der Waals surface area (Å²) < 4.78 is 30.6. The quantitative estimate of drug-likeness (QED) is 0.236. The van der Waals surface area contributed by atoms with Crippen LogP contribution in [0.4, 0.5) is 0 Å². The third kappa shape index (κ3) is 9.04. The topological polar surface area (TPSA) is 153 Å². The average molecular weight is 783 g/mol. The van der Waals surface area contributed by atoms with Crippen LogP contribution < -0.4 is 5.32 Å². The largest absolute Gasteiger partial charge is 0.460 e. The molecule has 0 bridgehead atoms. The lowest BCUT2D eigenvalue weighted by molar-refractivity contribution is -0.172. The van der Waals surface area contributed by atoms with E-state index in [1.54, 1.807) is 43.9 Å². The van der Waals surface area contributed by atoms with Crippen LogP contribution in [0.2, 0.25) is 0 Å². The van der Waals surface area contributed by atoms with Gasteiger partial charge in [-0.1, -0.05) is 48.6 Å². The van der Waals surface area contributed by atoms with Crippen molar-refractivity contribution in [2.75, 3.05) is 13.2 Å². The van der Waals surface area contributed by atoms with E-state index in [9.17, 15) is 24.3 Å². The molecule has 0 radical (unpaired) electrons. The number of fused-ring (bicyclic) bond motifs is 3. The minimum absolute atomic E-state index is 0.0265. The van der Waals surface area contributed by atoms with Crippen LogP contribution in [-0.2, 0) is 50.9 Å². The van der Waals surface area contributed by atoms with Crippen molar-refractivity contribution in [3.05, 3.63) is 88.5 Å². The molecule has 1 spiro atoms. The fourth-order valence-corrected chi connectivity index (χ4v) is 9.10. The first-order chi connectivity index (χ1) is 27.3. The van der Waals surface area contributed by atoms with Crippen molar-refractivity contribution in [3.8, 4) is 0 Å². The number of hydrogen-bond acceptors (Lipinski definition) is 10. The van der Waals surface area contributed by atoms with Gasteiger partial charge in [0.1, 0.15) is 30.0 Å². The SMILES string of the molecule is CC(C)(C)OC(=O)CC[C@@H](CO)NC(=O)[C@H]1CCCN1C(=O)C1=C[C@H]2OC3(Cc4ccccc4C3)O[C@H]2[C@H](OC(=O)c2ccc(C=CC3CCC4OC4C3)cc2)C1. The fraction of sp³-hybridized carbons (Fsp3) is 0.556. The molecule has 8 atom stereocenters. The normalized spacial score (nSPS) is 28.9. The van der Waals surface area contributed by atoms with Crippen LogP contribution in [0.15, 0.2) is 66.3 Å². The molecule has 2 N–H and O–H groups in total. The van der Waals surface area contributed by atoms with Gasteiger partial charge in [-0.3, -0.25) is 14.4 Å². The highest BCUT2D eigenvalue weighted by molar-refractivity contribution is 5.98. The van der Waals surface area contributed by atoms with Gasteiger partial charge >= 0.3 is 11.9 Å². The summed E-state index contributed by atoms with van der Waals surface area (Å²) in [7, 11) is 0. The van der Waals surface area contributed by atoms with Gasteiger partial charge in [0.2, 0.25) is 11.8 Å². The van der Waals surface area contributed by atoms with Crippen LogP contribution in [0.1, 0.15) is 99.2 Å². The Morgan fingerprint density at radius 1 is 1.00 bits per heavy atom. The number of aliphatic hydroxyl groups excluding tert-OH is 1. The second-order valence-corrected chi connectivity index (χ2v) is 17.5. The molecule has 3 unspecified atom stereocenters. The van der Waals surface area contributed by atoms with Gasteiger partial charge in [0.25, 0.3) is 0 Å². The molecule has 6 aliphatic rings. The summed E-state index contributed by atoms with van der Waals surface area (Å²) in [6.45, 7) is 5.33. The molecule has 3 heterocycles. The predicted octanol–water partition coefficient (Wildman–Crippen LogP) is 4.99. The second kappa shape index (κ2) is 16.1. The smallest absolute Gasteiger partial charge is 0.338 e. The lowest BCUT2D eigenvalue weighted by Gasteiger charge is -2.33. The van der Waals surface area contributed by atoms with E-state index >= 15 is 0 Å². The van der Waals surface area contributed by atoms with Gasteiger partial charge in [0.15, 0.2) is 5.79 Å². The number of nitrogens with zero attached hydrogens (tertiary/aromatic N) is 1. The molecule has 4 fully saturated rings. The van der Waals surface area contributed by atoms with Crippen LogP contribution in [0.3, 0.4) is 0 Å². The number of allylic oxidation sites excluding steroid dienone is 1. The molecule has 12 heteroatoms. The maximum absolute atomic E-state index is 14.4. The number of amides is 2. The molecule has 3 saturated heterocycles. The molecule has 57 heavy (non-hydrogen) atoms. The van der Waals surface area contributed by atoms with Gasteiger partial charge < -0.3 is 39.0 Å². The first-order valence-electron chi connectivity index (χ1n) is 20.6. The summed E-state index contributed by atoms with van der Waals surface area (Å²) >= 11 is 0. The first-order valence-corrected chi connectivity index (χ1v) is 20.6. The van der Waals surface area contributed by atoms with E-state index < -0.39 is 59.6 Å². The third-order valence-electron chi connectivity index (χ3n) is 12.0. The van der Waals surface area contributed by atoms with Gasteiger partial charge in [-0.15, -0.1) is 0 Å². The van der Waals surface area contributed by atoms with E-state index in [4.69, 9.17) is 23.7 Å². The molecule has 3 aliphatic heterocycles. The molecule has 8 rings (SSSR count). The molecular formula is C45H54N2O10. The zero-order chi connectivity index (χ0) is 39.9. The average Bonchev–Trinajstić information content (AvgIpc) is 3.46. The summed E-state index contributed by atoms with van der Waals surface area (Å²) in [4.78, 5) is 55.5. The number of likely N-dealkylation sites (tertiary alicyclic amines) is 1. The number of carbonyl (C=O) groups is 4. The standard InChI is InChI=1S/C45H54N2O10/c1-44(2,3)56-39(49)19-17-33(26-48)46-41(50)34-9-6-20-47(34)42(51)32-22-37(40-38(23-32)55-45(57-40)24-30-7-4-5-8-31(30)25-45)54-43(52)29-15-12-27(13-16-29)10-11-28-14-18-35-36(21-28)53-35/h4-5,7-8,10-13,15-16,23,28,33-38,40,48H,6,9,14,17-22,24-26H2,1-3H3,(H,46,50)/t28?,33-,34+,35?,36?,37+,38+,40-/m0/s1. The highest BCUT2D eigenvalue weighted by atomic mass is 16.8. The van der Waals surface area contributed by atoms with Crippen molar-refractivity contribution >= 4 is 29.8 Å². The van der Waals surface area contributed by atoms with Crippen molar-refractivity contribution in [2.45, 2.75) is 139 Å². The highest BCUT2D eigenvalue weighted by Gasteiger charge is 2.55. The summed E-state index contributed by atoms with van der Waals surface area (Å²) in [6.07, 6.45) is 10.6. The number of ether oxygens (including phenoxy) is 5. The number of rotatable bonds is 11. The summed E-state index contributed by atoms with van der Waals surface area (Å²) in [5.41, 5.74) is 3.39. The maximum Gasteiger partial charge on any atom is 0.338 e. The zero-order valence-electron chi connectivity index (χ0n) is 33.0. The molecule has 2 aromatic rings. The molecule has 0 aromatic heterocycles. The van der Waals surface area contributed by atoms with E-state index in [-0.39, 0.29) is 31.8 Å². The van der Waals surface area contributed by atoms with Gasteiger partial charge in [0, 0.05) is 37.8 Å². The summed E-state index contributed by atoms with van der Waals surface area (Å²) in [5.74, 6) is -2.13. The van der Waals surface area contributed by atoms with Crippen LogP contribution >= 0.6 is 0 Å². The lowest BCUT2D eigenvalue weighted by atomic mass is 9.89. The molecule has 2 amide bonds. The number of hydrogen-bond donors (Lipinski definition) is 2. The lowest BCUT2D eigenvalue weighted by Crippen LogP contribution is -2.51. The fourth-order valence-electron chi connectivity index (χ4n) is 9.10.